The van der Waals surface area contributed by atoms with Crippen molar-refractivity contribution in [1.82, 2.24) is 10.6 Å². The Morgan fingerprint density at radius 1 is 0.881 bits per heavy atom. The molecule has 2 aliphatic rings. The van der Waals surface area contributed by atoms with Crippen LogP contribution in [-0.2, 0) is 16.0 Å². The Bertz CT molecular complexity index is 1320. The maximum absolute atomic E-state index is 13.4. The Labute approximate surface area is 248 Å². The Kier molecular flexibility index (Phi) is 11.1. The predicted octanol–water partition coefficient (Wildman–Crippen LogP) is 5.28. The second kappa shape index (κ2) is 14.9. The number of hydrogen-bond acceptors (Lipinski definition) is 7. The molecule has 2 aromatic carbocycles. The van der Waals surface area contributed by atoms with E-state index >= 15 is 0 Å². The summed E-state index contributed by atoms with van der Waals surface area (Å²) in [6.45, 7) is 2.10. The van der Waals surface area contributed by atoms with E-state index in [2.05, 4.69) is 16.0 Å². The number of aryl methyl sites for hydroxylation is 1. The molecule has 42 heavy (non-hydrogen) atoms. The third kappa shape index (κ3) is 7.55. The average Bonchev–Trinajstić information content (AvgIpc) is 3.22. The van der Waals surface area contributed by atoms with Crippen molar-refractivity contribution in [3.05, 3.63) is 45.6 Å². The number of carbonyl (C=O) groups excluding carboxylic acids is 2. The Hall–Kier alpha value is -3.75. The molecule has 1 fully saturated rings. The van der Waals surface area contributed by atoms with E-state index in [4.69, 9.17) is 14.2 Å². The van der Waals surface area contributed by atoms with Crippen LogP contribution in [0.25, 0.3) is 11.1 Å². The van der Waals surface area contributed by atoms with E-state index in [0.29, 0.717) is 54.8 Å². The zero-order valence-electron chi connectivity index (χ0n) is 25.4. The third-order valence-corrected chi connectivity index (χ3v) is 8.28. The molecular weight excluding hydrogens is 534 g/mol. The van der Waals surface area contributed by atoms with E-state index in [1.807, 2.05) is 12.1 Å². The zero-order chi connectivity index (χ0) is 30.1. The second-order valence-corrected chi connectivity index (χ2v) is 11.2. The molecule has 9 heteroatoms. The minimum Gasteiger partial charge on any atom is -0.493 e. The Morgan fingerprint density at radius 2 is 1.64 bits per heavy atom. The van der Waals surface area contributed by atoms with Crippen LogP contribution in [0.2, 0.25) is 0 Å². The summed E-state index contributed by atoms with van der Waals surface area (Å²) in [7, 11) is 4.74. The van der Waals surface area contributed by atoms with Crippen LogP contribution >= 0.6 is 0 Å². The molecule has 0 bridgehead atoms. The van der Waals surface area contributed by atoms with Gasteiger partial charge in [-0.3, -0.25) is 14.4 Å². The summed E-state index contributed by atoms with van der Waals surface area (Å²) >= 11 is 0. The first-order valence-corrected chi connectivity index (χ1v) is 15.2. The van der Waals surface area contributed by atoms with Crippen molar-refractivity contribution in [2.24, 2.45) is 0 Å². The average molecular weight is 580 g/mol. The first-order chi connectivity index (χ1) is 20.4. The molecule has 2 aliphatic carbocycles. The smallest absolute Gasteiger partial charge is 0.220 e. The van der Waals surface area contributed by atoms with Crippen LogP contribution in [0.15, 0.2) is 29.1 Å². The molecule has 0 aromatic heterocycles. The molecule has 2 amide bonds. The van der Waals surface area contributed by atoms with Crippen LogP contribution in [0.3, 0.4) is 0 Å². The number of benzene rings is 1. The van der Waals surface area contributed by atoms with Gasteiger partial charge in [-0.2, -0.15) is 0 Å². The zero-order valence-corrected chi connectivity index (χ0v) is 25.4. The van der Waals surface area contributed by atoms with Crippen LogP contribution in [0.4, 0.5) is 5.69 Å². The highest BCUT2D eigenvalue weighted by atomic mass is 16.5. The van der Waals surface area contributed by atoms with E-state index < -0.39 is 0 Å². The van der Waals surface area contributed by atoms with Crippen LogP contribution < -0.4 is 35.6 Å². The van der Waals surface area contributed by atoms with E-state index in [9.17, 15) is 14.4 Å². The van der Waals surface area contributed by atoms with Gasteiger partial charge in [-0.1, -0.05) is 31.7 Å². The molecule has 1 atom stereocenters. The number of nitrogens with one attached hydrogen (secondary N) is 3. The fourth-order valence-electron chi connectivity index (χ4n) is 6.21. The van der Waals surface area contributed by atoms with Gasteiger partial charge in [0.05, 0.1) is 33.1 Å². The van der Waals surface area contributed by atoms with Gasteiger partial charge in [0.1, 0.15) is 0 Å². The normalized spacial score (nSPS) is 16.3. The third-order valence-electron chi connectivity index (χ3n) is 8.28. The summed E-state index contributed by atoms with van der Waals surface area (Å²) in [6, 6.07) is 7.28. The van der Waals surface area contributed by atoms with Crippen molar-refractivity contribution in [3.63, 3.8) is 0 Å². The van der Waals surface area contributed by atoms with Crippen molar-refractivity contribution in [1.29, 1.82) is 0 Å². The number of amides is 2. The minimum atomic E-state index is -0.348. The highest BCUT2D eigenvalue weighted by molar-refractivity contribution is 5.83. The highest BCUT2D eigenvalue weighted by Crippen LogP contribution is 2.50. The van der Waals surface area contributed by atoms with Crippen molar-refractivity contribution in [3.8, 4) is 28.4 Å². The number of rotatable bonds is 12. The molecule has 0 spiro atoms. The summed E-state index contributed by atoms with van der Waals surface area (Å²) in [4.78, 5) is 37.8. The number of carbonyl (C=O) groups is 2. The minimum absolute atomic E-state index is 0.145. The number of fused-ring (bicyclic) bond motifs is 3. The second-order valence-electron chi connectivity index (χ2n) is 11.2. The quantitative estimate of drug-likeness (QED) is 0.293. The summed E-state index contributed by atoms with van der Waals surface area (Å²) < 4.78 is 17.1. The topological polar surface area (TPSA) is 115 Å². The van der Waals surface area contributed by atoms with Crippen molar-refractivity contribution in [2.45, 2.75) is 89.6 Å². The molecule has 228 valence electrons. The lowest BCUT2D eigenvalue weighted by atomic mass is 9.95. The number of unbranched alkanes of at least 4 members (excludes halogenated alkanes) is 2. The van der Waals surface area contributed by atoms with Gasteiger partial charge in [0.25, 0.3) is 0 Å². The predicted molar refractivity (Wildman–Crippen MR) is 165 cm³/mol. The maximum atomic E-state index is 13.4. The van der Waals surface area contributed by atoms with Gasteiger partial charge in [-0.15, -0.1) is 0 Å². The van der Waals surface area contributed by atoms with E-state index in [-0.39, 0.29) is 23.3 Å². The first kappa shape index (κ1) is 31.2. The molecule has 0 saturated heterocycles. The fraction of sp³-hybridized carbons (Fsp3) is 0.545. The van der Waals surface area contributed by atoms with Gasteiger partial charge >= 0.3 is 0 Å². The van der Waals surface area contributed by atoms with Crippen molar-refractivity contribution < 1.29 is 23.8 Å². The summed E-state index contributed by atoms with van der Waals surface area (Å²) in [6.07, 6.45) is 10.2. The Balaban J connectivity index is 1.51. The molecule has 3 N–H and O–H groups in total. The van der Waals surface area contributed by atoms with Crippen LogP contribution in [0.1, 0.15) is 88.3 Å². The van der Waals surface area contributed by atoms with E-state index in [0.717, 1.165) is 54.4 Å². The fourth-order valence-corrected chi connectivity index (χ4v) is 6.21. The number of ether oxygens (including phenoxy) is 3. The molecule has 2 aromatic rings. The molecule has 0 radical (unpaired) electrons. The van der Waals surface area contributed by atoms with Crippen molar-refractivity contribution in [2.75, 3.05) is 33.2 Å². The lowest BCUT2D eigenvalue weighted by Gasteiger charge is -2.22. The van der Waals surface area contributed by atoms with Crippen LogP contribution in [0, 0.1) is 0 Å². The molecule has 0 aliphatic heterocycles. The summed E-state index contributed by atoms with van der Waals surface area (Å²) in [5, 5.41) is 9.51. The van der Waals surface area contributed by atoms with E-state index in [1.165, 1.54) is 26.2 Å². The lowest BCUT2D eigenvalue weighted by Crippen LogP contribution is -2.35. The molecule has 1 unspecified atom stereocenters. The number of hydrogen-bond donors (Lipinski definition) is 3. The van der Waals surface area contributed by atoms with Gasteiger partial charge in [-0.25, -0.2) is 0 Å². The van der Waals surface area contributed by atoms with Gasteiger partial charge in [-0.05, 0) is 73.4 Å². The van der Waals surface area contributed by atoms with Gasteiger partial charge in [0.15, 0.2) is 11.5 Å². The molecule has 0 heterocycles. The monoisotopic (exact) mass is 579 g/mol. The highest BCUT2D eigenvalue weighted by Gasteiger charge is 2.29. The molecule has 4 rings (SSSR count). The van der Waals surface area contributed by atoms with Gasteiger partial charge in [0.2, 0.25) is 23.0 Å². The van der Waals surface area contributed by atoms with Gasteiger partial charge in [0, 0.05) is 31.5 Å². The standard InChI is InChI=1S/C33H45N3O6/c1-21(37)35-26-16-14-22-19-29(40-2)32(41-3)33(42-4)31(22)24-15-17-27(28(38)20-25(24)26)34-18-10-6-9-13-30(39)36-23-11-7-5-8-12-23/h15,17,19-20,23,26H,5-14,16,18H2,1-4H3,(H,34,38)(H,35,37)(H,36,39). The van der Waals surface area contributed by atoms with Crippen molar-refractivity contribution >= 4 is 17.5 Å². The van der Waals surface area contributed by atoms with Crippen LogP contribution in [0.5, 0.6) is 17.2 Å². The van der Waals surface area contributed by atoms with Gasteiger partial charge < -0.3 is 30.2 Å². The maximum Gasteiger partial charge on any atom is 0.220 e. The van der Waals surface area contributed by atoms with Crippen LogP contribution in [-0.4, -0.2) is 45.7 Å². The summed E-state index contributed by atoms with van der Waals surface area (Å²) in [5.41, 5.74) is 3.68. The molecule has 9 nitrogen and oxygen atoms in total. The molecule has 1 saturated carbocycles. The first-order valence-electron chi connectivity index (χ1n) is 15.2. The summed E-state index contributed by atoms with van der Waals surface area (Å²) in [5.74, 6) is 1.54. The Morgan fingerprint density at radius 3 is 2.33 bits per heavy atom. The number of anilines is 1. The number of methoxy groups -OCH3 is 3. The largest absolute Gasteiger partial charge is 0.493 e. The van der Waals surface area contributed by atoms with E-state index in [1.54, 1.807) is 33.5 Å². The SMILES string of the molecule is COc1cc2c(c(OC)c1OC)-c1ccc(NCCCCCC(=O)NC3CCCCC3)c(=O)cc1C(NC(C)=O)CC2. The lowest BCUT2D eigenvalue weighted by molar-refractivity contribution is -0.122. The molecular formula is C33H45N3O6.